The van der Waals surface area contributed by atoms with Gasteiger partial charge in [0.15, 0.2) is 5.82 Å². The Morgan fingerprint density at radius 3 is 2.63 bits per heavy atom. The van der Waals surface area contributed by atoms with E-state index in [0.29, 0.717) is 5.56 Å². The minimum absolute atomic E-state index is 0.00836. The van der Waals surface area contributed by atoms with Gasteiger partial charge >= 0.3 is 5.97 Å². The van der Waals surface area contributed by atoms with Gasteiger partial charge in [0, 0.05) is 23.5 Å². The Labute approximate surface area is 172 Å². The molecule has 0 fully saturated rings. The summed E-state index contributed by atoms with van der Waals surface area (Å²) in [5.74, 6) is -1.26. The average molecular weight is 411 g/mol. The number of anilines is 1. The number of ether oxygens (including phenoxy) is 1. The van der Waals surface area contributed by atoms with Gasteiger partial charge in [-0.1, -0.05) is 18.2 Å². The van der Waals surface area contributed by atoms with Gasteiger partial charge < -0.3 is 15.2 Å². The van der Waals surface area contributed by atoms with Crippen LogP contribution in [0.4, 0.5) is 10.2 Å². The van der Waals surface area contributed by atoms with Crippen LogP contribution in [0.15, 0.2) is 53.6 Å². The van der Waals surface area contributed by atoms with E-state index in [1.807, 2.05) is 0 Å². The lowest BCUT2D eigenvalue weighted by Gasteiger charge is -2.28. The monoisotopic (exact) mass is 411 g/mol. The number of para-hydroxylation sites is 1. The van der Waals surface area contributed by atoms with E-state index in [4.69, 9.17) is 0 Å². The Balaban J connectivity index is 2.09. The molecule has 0 spiro atoms. The molecular formula is C22H22FN3O4. The number of methoxy groups -OCH3 is 1. The van der Waals surface area contributed by atoms with Crippen molar-refractivity contribution in [3.63, 3.8) is 0 Å². The zero-order chi connectivity index (χ0) is 22.1. The number of halogens is 1. The van der Waals surface area contributed by atoms with Gasteiger partial charge in [0.05, 0.1) is 23.9 Å². The summed E-state index contributed by atoms with van der Waals surface area (Å²) in [5, 5.41) is 13.2. The highest BCUT2D eigenvalue weighted by atomic mass is 19.1. The maximum atomic E-state index is 14.4. The first-order chi connectivity index (χ1) is 14.2. The van der Waals surface area contributed by atoms with Crippen LogP contribution >= 0.6 is 0 Å². The van der Waals surface area contributed by atoms with Crippen molar-refractivity contribution in [2.75, 3.05) is 12.4 Å². The topological polar surface area (TPSA) is 93.5 Å². The number of hydrogen-bond donors (Lipinski definition) is 2. The molecule has 0 unspecified atom stereocenters. The summed E-state index contributed by atoms with van der Waals surface area (Å²) in [4.78, 5) is 29.1. The third kappa shape index (κ3) is 3.89. The highest BCUT2D eigenvalue weighted by Crippen LogP contribution is 2.30. The summed E-state index contributed by atoms with van der Waals surface area (Å²) in [6.07, 6.45) is 2.79. The molecule has 2 N–H and O–H groups in total. The van der Waals surface area contributed by atoms with Gasteiger partial charge in [0.2, 0.25) is 0 Å². The minimum atomic E-state index is -0.829. The van der Waals surface area contributed by atoms with E-state index >= 15 is 0 Å². The molecule has 1 heterocycles. The lowest BCUT2D eigenvalue weighted by molar-refractivity contribution is 0.0600. The molecule has 0 amide bonds. The fourth-order valence-electron chi connectivity index (χ4n) is 3.20. The number of carbonyl (C=O) groups excluding carboxylic acids is 1. The van der Waals surface area contributed by atoms with Gasteiger partial charge in [-0.25, -0.2) is 14.2 Å². The zero-order valence-electron chi connectivity index (χ0n) is 17.1. The first-order valence-electron chi connectivity index (χ1n) is 9.19. The van der Waals surface area contributed by atoms with Crippen molar-refractivity contribution < 1.29 is 19.0 Å². The minimum Gasteiger partial charge on any atom is -0.508 e. The maximum Gasteiger partial charge on any atom is 0.338 e. The lowest BCUT2D eigenvalue weighted by Crippen LogP contribution is -2.33. The van der Waals surface area contributed by atoms with Crippen LogP contribution in [0.1, 0.15) is 35.3 Å². The molecule has 0 saturated carbocycles. The molecule has 3 aromatic rings. The van der Waals surface area contributed by atoms with Crippen molar-refractivity contribution in [2.45, 2.75) is 26.3 Å². The smallest absolute Gasteiger partial charge is 0.338 e. The number of phenolic OH excluding ortho intramolecular Hbond substituents is 1. The predicted octanol–water partition coefficient (Wildman–Crippen LogP) is 3.52. The van der Waals surface area contributed by atoms with Gasteiger partial charge in [-0.15, -0.1) is 0 Å². The molecule has 8 heteroatoms. The van der Waals surface area contributed by atoms with Crippen molar-refractivity contribution in [1.29, 1.82) is 0 Å². The lowest BCUT2D eigenvalue weighted by atomic mass is 9.93. The number of hydrogen-bond acceptors (Lipinski definition) is 6. The molecule has 30 heavy (non-hydrogen) atoms. The van der Waals surface area contributed by atoms with Crippen LogP contribution in [0.3, 0.4) is 0 Å². The van der Waals surface area contributed by atoms with Crippen molar-refractivity contribution in [2.24, 2.45) is 0 Å². The van der Waals surface area contributed by atoms with Crippen molar-refractivity contribution in [1.82, 2.24) is 9.55 Å². The van der Waals surface area contributed by atoms with Crippen LogP contribution in [-0.4, -0.2) is 27.7 Å². The summed E-state index contributed by atoms with van der Waals surface area (Å²) < 4.78 is 20.3. The SMILES string of the molecule is COC(=O)c1cc(F)c(C)c(-n2ccnc(NC(C)(C)c3ccccc3O)c2=O)c1. The molecule has 1 aromatic heterocycles. The molecule has 0 bridgehead atoms. The van der Waals surface area contributed by atoms with Crippen molar-refractivity contribution >= 4 is 11.8 Å². The second-order valence-corrected chi connectivity index (χ2v) is 7.31. The normalized spacial score (nSPS) is 11.2. The molecule has 2 aromatic carbocycles. The molecule has 0 radical (unpaired) electrons. The summed E-state index contributed by atoms with van der Waals surface area (Å²) in [7, 11) is 1.20. The first kappa shape index (κ1) is 21.0. The average Bonchev–Trinajstić information content (AvgIpc) is 2.71. The van der Waals surface area contributed by atoms with E-state index in [1.165, 1.54) is 37.1 Å². The number of phenols is 1. The summed E-state index contributed by atoms with van der Waals surface area (Å²) in [5.41, 5.74) is -0.399. The molecule has 0 aliphatic heterocycles. The van der Waals surface area contributed by atoms with Crippen LogP contribution < -0.4 is 10.9 Å². The third-order valence-corrected chi connectivity index (χ3v) is 4.85. The van der Waals surface area contributed by atoms with Crippen LogP contribution in [0.2, 0.25) is 0 Å². The fourth-order valence-corrected chi connectivity index (χ4v) is 3.20. The van der Waals surface area contributed by atoms with Gasteiger partial charge in [-0.05, 0) is 39.0 Å². The highest BCUT2D eigenvalue weighted by Gasteiger charge is 2.26. The maximum absolute atomic E-state index is 14.4. The number of esters is 1. The summed E-state index contributed by atoms with van der Waals surface area (Å²) >= 11 is 0. The molecule has 0 atom stereocenters. The molecule has 156 valence electrons. The van der Waals surface area contributed by atoms with Crippen LogP contribution in [0.25, 0.3) is 5.69 Å². The van der Waals surface area contributed by atoms with Crippen LogP contribution in [0.5, 0.6) is 5.75 Å². The number of rotatable bonds is 5. The molecule has 0 saturated heterocycles. The van der Waals surface area contributed by atoms with Crippen molar-refractivity contribution in [3.8, 4) is 11.4 Å². The Morgan fingerprint density at radius 2 is 1.97 bits per heavy atom. The molecule has 0 aliphatic rings. The third-order valence-electron chi connectivity index (χ3n) is 4.85. The van der Waals surface area contributed by atoms with Gasteiger partial charge in [-0.2, -0.15) is 0 Å². The number of nitrogens with one attached hydrogen (secondary N) is 1. The van der Waals surface area contributed by atoms with E-state index in [1.54, 1.807) is 38.1 Å². The van der Waals surface area contributed by atoms with E-state index in [-0.39, 0.29) is 28.4 Å². The predicted molar refractivity (Wildman–Crippen MR) is 111 cm³/mol. The van der Waals surface area contributed by atoms with E-state index in [9.17, 15) is 19.1 Å². The fraction of sp³-hybridized carbons (Fsp3) is 0.227. The molecular weight excluding hydrogens is 389 g/mol. The molecule has 7 nitrogen and oxygen atoms in total. The summed E-state index contributed by atoms with van der Waals surface area (Å²) in [6, 6.07) is 9.23. The Kier molecular flexibility index (Phi) is 5.60. The molecule has 0 aliphatic carbocycles. The van der Waals surface area contributed by atoms with Crippen molar-refractivity contribution in [3.05, 3.63) is 81.7 Å². The van der Waals surface area contributed by atoms with E-state index in [0.717, 1.165) is 6.07 Å². The Morgan fingerprint density at radius 1 is 1.27 bits per heavy atom. The van der Waals surface area contributed by atoms with Gasteiger partial charge in [-0.3, -0.25) is 9.36 Å². The number of aromatic nitrogens is 2. The van der Waals surface area contributed by atoms with Gasteiger partial charge in [0.25, 0.3) is 5.56 Å². The number of nitrogens with zero attached hydrogens (tertiary/aromatic N) is 2. The molecule has 3 rings (SSSR count). The largest absolute Gasteiger partial charge is 0.508 e. The van der Waals surface area contributed by atoms with E-state index in [2.05, 4.69) is 15.0 Å². The van der Waals surface area contributed by atoms with Crippen LogP contribution in [0, 0.1) is 12.7 Å². The summed E-state index contributed by atoms with van der Waals surface area (Å²) in [6.45, 7) is 5.10. The number of carbonyl (C=O) groups is 1. The Bertz CT molecular complexity index is 1170. The van der Waals surface area contributed by atoms with Crippen LogP contribution in [-0.2, 0) is 10.3 Å². The van der Waals surface area contributed by atoms with E-state index < -0.39 is 22.9 Å². The zero-order valence-corrected chi connectivity index (χ0v) is 17.1. The Hall–Kier alpha value is -3.68. The number of benzene rings is 2. The highest BCUT2D eigenvalue weighted by molar-refractivity contribution is 5.90. The second kappa shape index (κ2) is 7.98. The second-order valence-electron chi connectivity index (χ2n) is 7.31. The number of aromatic hydroxyl groups is 1. The standard InChI is InChI=1S/C22H22FN3O4/c1-13-16(23)11-14(21(29)30-4)12-17(13)26-10-9-24-19(20(26)28)25-22(2,3)15-7-5-6-8-18(15)27/h5-12,27H,1-4H3,(H,24,25). The van der Waals surface area contributed by atoms with Gasteiger partial charge in [0.1, 0.15) is 11.6 Å². The first-order valence-corrected chi connectivity index (χ1v) is 9.19. The quantitative estimate of drug-likeness (QED) is 0.624.